The molecule has 1 saturated carbocycles. The van der Waals surface area contributed by atoms with Crippen molar-refractivity contribution in [3.05, 3.63) is 43.0 Å². The number of ether oxygens (including phenoxy) is 1. The molecule has 0 atom stereocenters. The molecule has 7 heteroatoms. The molecule has 134 valence electrons. The molecule has 2 aromatic rings. The van der Waals surface area contributed by atoms with Crippen molar-refractivity contribution in [1.82, 2.24) is 19.6 Å². The summed E-state index contributed by atoms with van der Waals surface area (Å²) in [6.07, 6.45) is 12.6. The van der Waals surface area contributed by atoms with Gasteiger partial charge in [0.2, 0.25) is 0 Å². The van der Waals surface area contributed by atoms with Crippen molar-refractivity contribution in [2.75, 3.05) is 18.6 Å². The molecule has 25 heavy (non-hydrogen) atoms. The Morgan fingerprint density at radius 2 is 2.16 bits per heavy atom. The summed E-state index contributed by atoms with van der Waals surface area (Å²) in [7, 11) is 1.66. The SMILES string of the molecule is C=CC(=O)N(Cc1cnn(CCOC)c1)c1cnn(CC2CCC2)c1. The fourth-order valence-electron chi connectivity index (χ4n) is 2.92. The van der Waals surface area contributed by atoms with Gasteiger partial charge in [-0.2, -0.15) is 10.2 Å². The first-order valence-electron chi connectivity index (χ1n) is 8.66. The normalized spacial score (nSPS) is 14.3. The van der Waals surface area contributed by atoms with E-state index in [4.69, 9.17) is 4.74 Å². The number of carbonyl (C=O) groups excluding carboxylic acids is 1. The molecule has 2 heterocycles. The van der Waals surface area contributed by atoms with Gasteiger partial charge in [0.15, 0.2) is 0 Å². The zero-order valence-electron chi connectivity index (χ0n) is 14.7. The maximum atomic E-state index is 12.3. The van der Waals surface area contributed by atoms with E-state index in [1.807, 2.05) is 21.8 Å². The summed E-state index contributed by atoms with van der Waals surface area (Å²) in [5.74, 6) is 0.572. The highest BCUT2D eigenvalue weighted by atomic mass is 16.5. The molecule has 1 amide bonds. The van der Waals surface area contributed by atoms with Crippen LogP contribution >= 0.6 is 0 Å². The van der Waals surface area contributed by atoms with Crippen molar-refractivity contribution in [3.63, 3.8) is 0 Å². The summed E-state index contributed by atoms with van der Waals surface area (Å²) >= 11 is 0. The van der Waals surface area contributed by atoms with Crippen molar-refractivity contribution in [2.45, 2.75) is 38.9 Å². The number of rotatable bonds is 9. The van der Waals surface area contributed by atoms with Crippen LogP contribution < -0.4 is 4.90 Å². The summed E-state index contributed by atoms with van der Waals surface area (Å²) in [5, 5.41) is 8.71. The van der Waals surface area contributed by atoms with Gasteiger partial charge < -0.3 is 9.64 Å². The van der Waals surface area contributed by atoms with Gasteiger partial charge >= 0.3 is 0 Å². The van der Waals surface area contributed by atoms with E-state index < -0.39 is 0 Å². The van der Waals surface area contributed by atoms with E-state index in [1.54, 1.807) is 24.4 Å². The molecule has 0 N–H and O–H groups in total. The summed E-state index contributed by atoms with van der Waals surface area (Å²) in [6, 6.07) is 0. The lowest BCUT2D eigenvalue weighted by molar-refractivity contribution is -0.114. The number of amides is 1. The van der Waals surface area contributed by atoms with Crippen molar-refractivity contribution >= 4 is 11.6 Å². The molecule has 1 fully saturated rings. The predicted molar refractivity (Wildman–Crippen MR) is 95.1 cm³/mol. The second kappa shape index (κ2) is 8.11. The Morgan fingerprint density at radius 1 is 1.36 bits per heavy atom. The van der Waals surface area contributed by atoms with Crippen LogP contribution in [0.15, 0.2) is 37.4 Å². The first-order chi connectivity index (χ1) is 12.2. The first-order valence-corrected chi connectivity index (χ1v) is 8.66. The van der Waals surface area contributed by atoms with Gasteiger partial charge in [-0.25, -0.2) is 0 Å². The van der Waals surface area contributed by atoms with Gasteiger partial charge in [0.05, 0.1) is 37.8 Å². The van der Waals surface area contributed by atoms with E-state index in [1.165, 1.54) is 25.3 Å². The van der Waals surface area contributed by atoms with Crippen molar-refractivity contribution in [3.8, 4) is 0 Å². The zero-order chi connectivity index (χ0) is 17.6. The predicted octanol–water partition coefficient (Wildman–Crippen LogP) is 2.25. The number of hydrogen-bond donors (Lipinski definition) is 0. The van der Waals surface area contributed by atoms with Gasteiger partial charge in [0, 0.05) is 31.6 Å². The van der Waals surface area contributed by atoms with Crippen LogP contribution in [0, 0.1) is 5.92 Å². The van der Waals surface area contributed by atoms with Crippen molar-refractivity contribution < 1.29 is 9.53 Å². The molecular formula is C18H25N5O2. The van der Waals surface area contributed by atoms with Gasteiger partial charge in [0.25, 0.3) is 5.91 Å². The van der Waals surface area contributed by atoms with Crippen LogP contribution in [0.4, 0.5) is 5.69 Å². The lowest BCUT2D eigenvalue weighted by atomic mass is 9.85. The summed E-state index contributed by atoms with van der Waals surface area (Å²) < 4.78 is 8.81. The Bertz CT molecular complexity index is 717. The summed E-state index contributed by atoms with van der Waals surface area (Å²) in [6.45, 7) is 6.26. The molecule has 7 nitrogen and oxygen atoms in total. The molecule has 1 aliphatic carbocycles. The number of nitrogens with zero attached hydrogens (tertiary/aromatic N) is 5. The van der Waals surface area contributed by atoms with Gasteiger partial charge in [-0.1, -0.05) is 13.0 Å². The lowest BCUT2D eigenvalue weighted by Crippen LogP contribution is -2.28. The number of hydrogen-bond acceptors (Lipinski definition) is 4. The third-order valence-electron chi connectivity index (χ3n) is 4.59. The Labute approximate surface area is 147 Å². The third kappa shape index (κ3) is 4.36. The molecule has 0 bridgehead atoms. The average Bonchev–Trinajstić information content (AvgIpc) is 3.22. The first kappa shape index (κ1) is 17.4. The van der Waals surface area contributed by atoms with Crippen LogP contribution in [0.2, 0.25) is 0 Å². The quantitative estimate of drug-likeness (QED) is 0.655. The van der Waals surface area contributed by atoms with E-state index in [0.717, 1.165) is 23.7 Å². The number of carbonyl (C=O) groups is 1. The molecular weight excluding hydrogens is 318 g/mol. The molecule has 2 aromatic heterocycles. The van der Waals surface area contributed by atoms with Gasteiger partial charge in [-0.3, -0.25) is 14.2 Å². The van der Waals surface area contributed by atoms with Crippen LogP contribution in [0.5, 0.6) is 0 Å². The molecule has 0 unspecified atom stereocenters. The van der Waals surface area contributed by atoms with Crippen LogP contribution in [0.1, 0.15) is 24.8 Å². The Balaban J connectivity index is 1.69. The third-order valence-corrected chi connectivity index (χ3v) is 4.59. The number of aromatic nitrogens is 4. The maximum Gasteiger partial charge on any atom is 0.250 e. The highest BCUT2D eigenvalue weighted by molar-refractivity contribution is 6.00. The van der Waals surface area contributed by atoms with Crippen molar-refractivity contribution in [2.24, 2.45) is 5.92 Å². The monoisotopic (exact) mass is 343 g/mol. The number of methoxy groups -OCH3 is 1. The minimum atomic E-state index is -0.146. The summed E-state index contributed by atoms with van der Waals surface area (Å²) in [4.78, 5) is 14.0. The smallest absolute Gasteiger partial charge is 0.250 e. The fraction of sp³-hybridized carbons (Fsp3) is 0.500. The van der Waals surface area contributed by atoms with E-state index in [9.17, 15) is 4.79 Å². The second-order valence-corrected chi connectivity index (χ2v) is 6.45. The van der Waals surface area contributed by atoms with E-state index in [0.29, 0.717) is 19.7 Å². The van der Waals surface area contributed by atoms with Gasteiger partial charge in [0.1, 0.15) is 0 Å². The fourth-order valence-corrected chi connectivity index (χ4v) is 2.92. The molecule has 0 saturated heterocycles. The molecule has 1 aliphatic rings. The van der Waals surface area contributed by atoms with Crippen LogP contribution in [0.25, 0.3) is 0 Å². The van der Waals surface area contributed by atoms with Crippen LogP contribution in [0.3, 0.4) is 0 Å². The topological polar surface area (TPSA) is 65.2 Å². The zero-order valence-corrected chi connectivity index (χ0v) is 14.7. The number of anilines is 1. The van der Waals surface area contributed by atoms with Crippen LogP contribution in [-0.2, 0) is 29.2 Å². The van der Waals surface area contributed by atoms with Gasteiger partial charge in [-0.15, -0.1) is 0 Å². The van der Waals surface area contributed by atoms with Crippen molar-refractivity contribution in [1.29, 1.82) is 0 Å². The Kier molecular flexibility index (Phi) is 5.65. The maximum absolute atomic E-state index is 12.3. The summed E-state index contributed by atoms with van der Waals surface area (Å²) in [5.41, 5.74) is 1.74. The highest BCUT2D eigenvalue weighted by Crippen LogP contribution is 2.28. The molecule has 0 aromatic carbocycles. The van der Waals surface area contributed by atoms with Crippen LogP contribution in [-0.4, -0.2) is 39.2 Å². The largest absolute Gasteiger partial charge is 0.383 e. The van der Waals surface area contributed by atoms with E-state index in [-0.39, 0.29) is 5.91 Å². The van der Waals surface area contributed by atoms with E-state index >= 15 is 0 Å². The van der Waals surface area contributed by atoms with E-state index in [2.05, 4.69) is 16.8 Å². The minimum Gasteiger partial charge on any atom is -0.383 e. The Morgan fingerprint density at radius 3 is 2.84 bits per heavy atom. The second-order valence-electron chi connectivity index (χ2n) is 6.45. The minimum absolute atomic E-state index is 0.146. The molecule has 3 rings (SSSR count). The average molecular weight is 343 g/mol. The Hall–Kier alpha value is -2.41. The highest BCUT2D eigenvalue weighted by Gasteiger charge is 2.20. The standard InChI is InChI=1S/C18H25N5O2/c1-3-18(24)23(13-16-9-19-21(12-16)7-8-25-2)17-10-20-22(14-17)11-15-5-4-6-15/h3,9-10,12,14-15H,1,4-8,11,13H2,2H3. The molecule has 0 spiro atoms. The lowest BCUT2D eigenvalue weighted by Gasteiger charge is -2.25. The molecule has 0 aliphatic heterocycles. The molecule has 0 radical (unpaired) electrons. The van der Waals surface area contributed by atoms with Gasteiger partial charge in [-0.05, 0) is 24.8 Å².